The number of pyridine rings is 2. The molecule has 2 heterocycles. The molecule has 5 aromatic rings. The number of fused-ring (bicyclic) bond motifs is 2. The maximum Gasteiger partial charge on any atom is 0.335 e. The fourth-order valence-electron chi connectivity index (χ4n) is 3.59. The minimum Gasteiger partial charge on any atom is -0.478 e. The van der Waals surface area contributed by atoms with E-state index in [1.165, 1.54) is 0 Å². The summed E-state index contributed by atoms with van der Waals surface area (Å²) in [6.07, 6.45) is 3.53. The van der Waals surface area contributed by atoms with Crippen LogP contribution in [0.1, 0.15) is 10.4 Å². The van der Waals surface area contributed by atoms with Gasteiger partial charge in [-0.15, -0.1) is 0 Å². The predicted octanol–water partition coefficient (Wildman–Crippen LogP) is 5.82. The van der Waals surface area contributed by atoms with Crippen LogP contribution in [0.15, 0.2) is 91.3 Å². The van der Waals surface area contributed by atoms with Crippen LogP contribution in [0.4, 0.5) is 0 Å². The highest BCUT2D eigenvalue weighted by molar-refractivity contribution is 5.94. The number of carboxylic acid groups (broad SMARTS) is 1. The Balaban J connectivity index is 1.69. The van der Waals surface area contributed by atoms with Crippen LogP contribution in [-0.2, 0) is 0 Å². The normalized spacial score (nSPS) is 11.0. The van der Waals surface area contributed by atoms with Crippen LogP contribution in [-0.4, -0.2) is 21.0 Å². The molecule has 29 heavy (non-hydrogen) atoms. The zero-order valence-electron chi connectivity index (χ0n) is 15.4. The molecule has 0 aliphatic heterocycles. The second-order valence-corrected chi connectivity index (χ2v) is 6.93. The van der Waals surface area contributed by atoms with Crippen LogP contribution in [0.25, 0.3) is 44.1 Å². The third kappa shape index (κ3) is 3.21. The van der Waals surface area contributed by atoms with Crippen LogP contribution < -0.4 is 0 Å². The second-order valence-electron chi connectivity index (χ2n) is 6.93. The van der Waals surface area contributed by atoms with E-state index in [1.807, 2.05) is 66.7 Å². The lowest BCUT2D eigenvalue weighted by molar-refractivity contribution is 0.0697. The Morgan fingerprint density at radius 2 is 1.14 bits per heavy atom. The van der Waals surface area contributed by atoms with Gasteiger partial charge in [0.25, 0.3) is 0 Å². The fourth-order valence-corrected chi connectivity index (χ4v) is 3.59. The molecule has 0 unspecified atom stereocenters. The zero-order chi connectivity index (χ0) is 19.8. The SMILES string of the molecule is O=C(O)c1cc(-c2ccc3ncccc3c2)cc(-c2ccc3ncccc3c2)c1. The van der Waals surface area contributed by atoms with Crippen molar-refractivity contribution in [2.24, 2.45) is 0 Å². The third-order valence-electron chi connectivity index (χ3n) is 5.05. The molecular weight excluding hydrogens is 360 g/mol. The van der Waals surface area contributed by atoms with Gasteiger partial charge < -0.3 is 5.11 Å². The van der Waals surface area contributed by atoms with Crippen molar-refractivity contribution < 1.29 is 9.90 Å². The second kappa shape index (κ2) is 6.84. The molecule has 1 N–H and O–H groups in total. The number of carbonyl (C=O) groups is 1. The highest BCUT2D eigenvalue weighted by atomic mass is 16.4. The largest absolute Gasteiger partial charge is 0.478 e. The number of aromatic nitrogens is 2. The van der Waals surface area contributed by atoms with Gasteiger partial charge in [-0.25, -0.2) is 4.79 Å². The van der Waals surface area contributed by atoms with Crippen molar-refractivity contribution in [3.63, 3.8) is 0 Å². The van der Waals surface area contributed by atoms with Crippen LogP contribution in [0.5, 0.6) is 0 Å². The summed E-state index contributed by atoms with van der Waals surface area (Å²) in [4.78, 5) is 20.5. The number of carboxylic acids is 1. The Bertz CT molecular complexity index is 1290. The minimum absolute atomic E-state index is 0.259. The zero-order valence-corrected chi connectivity index (χ0v) is 15.4. The molecule has 4 heteroatoms. The first-order valence-electron chi connectivity index (χ1n) is 9.26. The van der Waals surface area contributed by atoms with Gasteiger partial charge in [-0.1, -0.05) is 24.3 Å². The monoisotopic (exact) mass is 376 g/mol. The van der Waals surface area contributed by atoms with E-state index < -0.39 is 5.97 Å². The molecule has 0 aliphatic carbocycles. The molecule has 0 saturated heterocycles. The molecule has 0 radical (unpaired) electrons. The molecule has 4 nitrogen and oxygen atoms in total. The van der Waals surface area contributed by atoms with E-state index in [4.69, 9.17) is 0 Å². The first-order chi connectivity index (χ1) is 14.2. The fraction of sp³-hybridized carbons (Fsp3) is 0. The van der Waals surface area contributed by atoms with Gasteiger partial charge in [-0.05, 0) is 76.9 Å². The summed E-state index contributed by atoms with van der Waals surface area (Å²) in [6.45, 7) is 0. The standard InChI is InChI=1S/C25H16N2O2/c28-25(29)22-14-20(16-5-7-23-18(11-16)3-1-9-26-23)13-21(15-22)17-6-8-24-19(12-17)4-2-10-27-24/h1-15H,(H,28,29). The highest BCUT2D eigenvalue weighted by Gasteiger charge is 2.11. The summed E-state index contributed by atoms with van der Waals surface area (Å²) < 4.78 is 0. The Hall–Kier alpha value is -4.05. The van der Waals surface area contributed by atoms with Crippen LogP contribution >= 0.6 is 0 Å². The topological polar surface area (TPSA) is 63.1 Å². The van der Waals surface area contributed by atoms with Gasteiger partial charge in [0.05, 0.1) is 16.6 Å². The Morgan fingerprint density at radius 1 is 0.621 bits per heavy atom. The molecule has 0 saturated carbocycles. The van der Waals surface area contributed by atoms with Crippen molar-refractivity contribution in [1.82, 2.24) is 9.97 Å². The molecule has 0 spiro atoms. The summed E-state index contributed by atoms with van der Waals surface area (Å²) >= 11 is 0. The van der Waals surface area contributed by atoms with E-state index in [-0.39, 0.29) is 5.56 Å². The molecule has 5 rings (SSSR count). The third-order valence-corrected chi connectivity index (χ3v) is 5.05. The highest BCUT2D eigenvalue weighted by Crippen LogP contribution is 2.31. The van der Waals surface area contributed by atoms with Crippen molar-refractivity contribution in [3.8, 4) is 22.3 Å². The van der Waals surface area contributed by atoms with Crippen molar-refractivity contribution in [2.45, 2.75) is 0 Å². The van der Waals surface area contributed by atoms with Crippen molar-refractivity contribution >= 4 is 27.8 Å². The molecule has 0 atom stereocenters. The van der Waals surface area contributed by atoms with Crippen molar-refractivity contribution in [1.29, 1.82) is 0 Å². The summed E-state index contributed by atoms with van der Waals surface area (Å²) in [5.41, 5.74) is 5.71. The number of benzene rings is 3. The number of nitrogens with zero attached hydrogens (tertiary/aromatic N) is 2. The summed E-state index contributed by atoms with van der Waals surface area (Å²) in [7, 11) is 0. The smallest absolute Gasteiger partial charge is 0.335 e. The van der Waals surface area contributed by atoms with Gasteiger partial charge in [0.2, 0.25) is 0 Å². The molecule has 0 amide bonds. The lowest BCUT2D eigenvalue weighted by atomic mass is 9.95. The summed E-state index contributed by atoms with van der Waals surface area (Å²) in [5, 5.41) is 11.7. The minimum atomic E-state index is -0.946. The number of aromatic carboxylic acids is 1. The average Bonchev–Trinajstić information content (AvgIpc) is 2.78. The van der Waals surface area contributed by atoms with Crippen LogP contribution in [0.3, 0.4) is 0 Å². The summed E-state index contributed by atoms with van der Waals surface area (Å²) in [5.74, 6) is -0.946. The van der Waals surface area contributed by atoms with Crippen molar-refractivity contribution in [2.75, 3.05) is 0 Å². The van der Waals surface area contributed by atoms with Gasteiger partial charge in [0.15, 0.2) is 0 Å². The van der Waals surface area contributed by atoms with Crippen LogP contribution in [0, 0.1) is 0 Å². The Labute approximate surface area is 167 Å². The van der Waals surface area contributed by atoms with Gasteiger partial charge in [0.1, 0.15) is 0 Å². The first kappa shape index (κ1) is 17.1. The average molecular weight is 376 g/mol. The van der Waals surface area contributed by atoms with Gasteiger partial charge in [-0.2, -0.15) is 0 Å². The van der Waals surface area contributed by atoms with E-state index >= 15 is 0 Å². The molecule has 138 valence electrons. The molecule has 0 bridgehead atoms. The molecule has 2 aromatic heterocycles. The van der Waals surface area contributed by atoms with E-state index in [9.17, 15) is 9.90 Å². The Kier molecular flexibility index (Phi) is 4.03. The van der Waals surface area contributed by atoms with E-state index in [0.717, 1.165) is 44.1 Å². The van der Waals surface area contributed by atoms with E-state index in [0.29, 0.717) is 0 Å². The van der Waals surface area contributed by atoms with Gasteiger partial charge >= 0.3 is 5.97 Å². The van der Waals surface area contributed by atoms with Crippen LogP contribution in [0.2, 0.25) is 0 Å². The predicted molar refractivity (Wildman–Crippen MR) is 115 cm³/mol. The Morgan fingerprint density at radius 3 is 1.62 bits per heavy atom. The van der Waals surface area contributed by atoms with E-state index in [1.54, 1.807) is 24.5 Å². The van der Waals surface area contributed by atoms with E-state index in [2.05, 4.69) is 9.97 Å². The molecule has 0 aliphatic rings. The summed E-state index contributed by atoms with van der Waals surface area (Å²) in [6, 6.07) is 25.2. The number of rotatable bonds is 3. The first-order valence-corrected chi connectivity index (χ1v) is 9.26. The molecule has 0 fully saturated rings. The lowest BCUT2D eigenvalue weighted by Crippen LogP contribution is -1.97. The quantitative estimate of drug-likeness (QED) is 0.431. The van der Waals surface area contributed by atoms with Gasteiger partial charge in [0, 0.05) is 23.2 Å². The maximum absolute atomic E-state index is 11.8. The molecule has 3 aromatic carbocycles. The maximum atomic E-state index is 11.8. The lowest BCUT2D eigenvalue weighted by Gasteiger charge is -2.10. The number of hydrogen-bond donors (Lipinski definition) is 1. The van der Waals surface area contributed by atoms with Crippen molar-refractivity contribution in [3.05, 3.63) is 96.8 Å². The number of hydrogen-bond acceptors (Lipinski definition) is 3. The molecular formula is C25H16N2O2. The van der Waals surface area contributed by atoms with Gasteiger partial charge in [-0.3, -0.25) is 9.97 Å².